The van der Waals surface area contributed by atoms with Gasteiger partial charge < -0.3 is 9.47 Å². The Bertz CT molecular complexity index is 732. The van der Waals surface area contributed by atoms with Crippen molar-refractivity contribution in [2.24, 2.45) is 0 Å². The molecule has 0 amide bonds. The average molecular weight is 326 g/mol. The summed E-state index contributed by atoms with van der Waals surface area (Å²) in [4.78, 5) is 11.3. The number of benzene rings is 2. The number of esters is 1. The van der Waals surface area contributed by atoms with Crippen molar-refractivity contribution in [2.75, 3.05) is 0 Å². The lowest BCUT2D eigenvalue weighted by Gasteiger charge is -2.16. The zero-order valence-corrected chi connectivity index (χ0v) is 15.2. The van der Waals surface area contributed by atoms with Crippen molar-refractivity contribution < 1.29 is 14.3 Å². The van der Waals surface area contributed by atoms with Gasteiger partial charge in [-0.2, -0.15) is 0 Å². The molecule has 24 heavy (non-hydrogen) atoms. The van der Waals surface area contributed by atoms with Gasteiger partial charge in [-0.15, -0.1) is 0 Å². The number of carbonyl (C=O) groups excluding carboxylic acids is 1. The van der Waals surface area contributed by atoms with Gasteiger partial charge in [0, 0.05) is 12.5 Å². The summed E-state index contributed by atoms with van der Waals surface area (Å²) in [5.41, 5.74) is 5.78. The maximum Gasteiger partial charge on any atom is 0.308 e. The zero-order chi connectivity index (χ0) is 17.7. The van der Waals surface area contributed by atoms with E-state index < -0.39 is 0 Å². The lowest BCUT2D eigenvalue weighted by Crippen LogP contribution is -2.08. The highest BCUT2D eigenvalue weighted by molar-refractivity contribution is 5.70. The number of hydrogen-bond acceptors (Lipinski definition) is 3. The normalized spacial score (nSPS) is 10.5. The van der Waals surface area contributed by atoms with Crippen LogP contribution in [0.1, 0.15) is 48.6 Å². The molecule has 0 radical (unpaired) electrons. The summed E-state index contributed by atoms with van der Waals surface area (Å²) in [6, 6.07) is 10.0. The number of carbonyl (C=O) groups is 1. The van der Waals surface area contributed by atoms with Gasteiger partial charge in [-0.1, -0.05) is 32.0 Å². The smallest absolute Gasteiger partial charge is 0.308 e. The Labute approximate surface area is 144 Å². The van der Waals surface area contributed by atoms with Crippen LogP contribution in [0, 0.1) is 13.8 Å². The Morgan fingerprint density at radius 3 is 2.29 bits per heavy atom. The van der Waals surface area contributed by atoms with Gasteiger partial charge in [0.25, 0.3) is 0 Å². The molecule has 0 aromatic heterocycles. The largest absolute Gasteiger partial charge is 0.488 e. The van der Waals surface area contributed by atoms with Gasteiger partial charge in [-0.3, -0.25) is 4.79 Å². The molecule has 0 aliphatic carbocycles. The number of rotatable bonds is 6. The van der Waals surface area contributed by atoms with Crippen molar-refractivity contribution in [1.29, 1.82) is 0 Å². The van der Waals surface area contributed by atoms with Gasteiger partial charge in [0.05, 0.1) is 0 Å². The van der Waals surface area contributed by atoms with Crippen LogP contribution >= 0.6 is 0 Å². The van der Waals surface area contributed by atoms with E-state index in [-0.39, 0.29) is 5.97 Å². The molecule has 2 aromatic carbocycles. The van der Waals surface area contributed by atoms with Crippen LogP contribution in [-0.2, 0) is 24.2 Å². The fourth-order valence-electron chi connectivity index (χ4n) is 2.89. The van der Waals surface area contributed by atoms with Crippen molar-refractivity contribution in [2.45, 2.75) is 54.1 Å². The van der Waals surface area contributed by atoms with Crippen molar-refractivity contribution in [3.63, 3.8) is 0 Å². The van der Waals surface area contributed by atoms with E-state index in [1.807, 2.05) is 18.2 Å². The van der Waals surface area contributed by atoms with Crippen LogP contribution in [0.4, 0.5) is 0 Å². The third-order valence-electron chi connectivity index (χ3n) is 4.25. The molecular weight excluding hydrogens is 300 g/mol. The maximum absolute atomic E-state index is 11.3. The second-order valence-electron chi connectivity index (χ2n) is 6.03. The van der Waals surface area contributed by atoms with Crippen LogP contribution in [-0.4, -0.2) is 5.97 Å². The molecule has 128 valence electrons. The van der Waals surface area contributed by atoms with E-state index in [1.165, 1.54) is 18.1 Å². The van der Waals surface area contributed by atoms with Gasteiger partial charge in [0.1, 0.15) is 18.1 Å². The molecule has 0 fully saturated rings. The summed E-state index contributed by atoms with van der Waals surface area (Å²) in [5.74, 6) is 1.15. The van der Waals surface area contributed by atoms with Gasteiger partial charge in [0.15, 0.2) is 0 Å². The van der Waals surface area contributed by atoms with Crippen LogP contribution in [0.3, 0.4) is 0 Å². The van der Waals surface area contributed by atoms with Crippen molar-refractivity contribution in [1.82, 2.24) is 0 Å². The van der Waals surface area contributed by atoms with E-state index in [0.717, 1.165) is 35.3 Å². The molecule has 0 aliphatic heterocycles. The first-order valence-electron chi connectivity index (χ1n) is 8.48. The molecule has 0 saturated carbocycles. The van der Waals surface area contributed by atoms with Gasteiger partial charge in [0.2, 0.25) is 0 Å². The molecule has 0 spiro atoms. The lowest BCUT2D eigenvalue weighted by molar-refractivity contribution is -0.131. The van der Waals surface area contributed by atoms with Crippen molar-refractivity contribution in [3.8, 4) is 11.5 Å². The molecule has 0 bridgehead atoms. The zero-order valence-electron chi connectivity index (χ0n) is 15.2. The lowest BCUT2D eigenvalue weighted by atomic mass is 10.0. The fraction of sp³-hybridized carbons (Fsp3) is 0.381. The summed E-state index contributed by atoms with van der Waals surface area (Å²) in [6.07, 6.45) is 1.88. The van der Waals surface area contributed by atoms with Crippen molar-refractivity contribution in [3.05, 3.63) is 58.1 Å². The SMILES string of the molecule is CCc1cc(C)c(OCc2c(CC)cccc2OC(C)=O)cc1C. The molecule has 2 aromatic rings. The molecule has 3 heteroatoms. The van der Waals surface area contributed by atoms with E-state index in [2.05, 4.69) is 39.8 Å². The van der Waals surface area contributed by atoms with E-state index in [9.17, 15) is 4.79 Å². The quantitative estimate of drug-likeness (QED) is 0.557. The van der Waals surface area contributed by atoms with Crippen LogP contribution in [0.5, 0.6) is 11.5 Å². The highest BCUT2D eigenvalue weighted by Gasteiger charge is 2.12. The minimum absolute atomic E-state index is 0.316. The molecule has 0 N–H and O–H groups in total. The highest BCUT2D eigenvalue weighted by Crippen LogP contribution is 2.28. The van der Waals surface area contributed by atoms with E-state index in [0.29, 0.717) is 12.4 Å². The summed E-state index contributed by atoms with van der Waals surface area (Å²) in [7, 11) is 0. The first kappa shape index (κ1) is 18.1. The average Bonchev–Trinajstić information content (AvgIpc) is 2.55. The summed E-state index contributed by atoms with van der Waals surface area (Å²) >= 11 is 0. The molecule has 0 saturated heterocycles. The Kier molecular flexibility index (Phi) is 6.02. The Morgan fingerprint density at radius 2 is 1.67 bits per heavy atom. The molecule has 0 aliphatic rings. The monoisotopic (exact) mass is 326 g/mol. The maximum atomic E-state index is 11.3. The molecule has 0 unspecified atom stereocenters. The van der Waals surface area contributed by atoms with E-state index >= 15 is 0 Å². The molecular formula is C21H26O3. The summed E-state index contributed by atoms with van der Waals surface area (Å²) in [6.45, 7) is 10.2. The third-order valence-corrected chi connectivity index (χ3v) is 4.25. The first-order chi connectivity index (χ1) is 11.5. The number of ether oxygens (including phenoxy) is 2. The topological polar surface area (TPSA) is 35.5 Å². The minimum Gasteiger partial charge on any atom is -0.488 e. The predicted molar refractivity (Wildman–Crippen MR) is 96.8 cm³/mol. The van der Waals surface area contributed by atoms with Crippen LogP contribution in [0.25, 0.3) is 0 Å². The van der Waals surface area contributed by atoms with E-state index in [4.69, 9.17) is 9.47 Å². The van der Waals surface area contributed by atoms with E-state index in [1.54, 1.807) is 0 Å². The Balaban J connectivity index is 2.28. The summed E-state index contributed by atoms with van der Waals surface area (Å²) in [5, 5.41) is 0. The number of hydrogen-bond donors (Lipinski definition) is 0. The second-order valence-corrected chi connectivity index (χ2v) is 6.03. The summed E-state index contributed by atoms with van der Waals surface area (Å²) < 4.78 is 11.4. The van der Waals surface area contributed by atoms with Gasteiger partial charge >= 0.3 is 5.97 Å². The highest BCUT2D eigenvalue weighted by atomic mass is 16.5. The van der Waals surface area contributed by atoms with Crippen LogP contribution < -0.4 is 9.47 Å². The fourth-order valence-corrected chi connectivity index (χ4v) is 2.89. The first-order valence-corrected chi connectivity index (χ1v) is 8.48. The molecule has 0 atom stereocenters. The van der Waals surface area contributed by atoms with Crippen LogP contribution in [0.15, 0.2) is 30.3 Å². The Morgan fingerprint density at radius 1 is 0.958 bits per heavy atom. The third kappa shape index (κ3) is 4.16. The molecule has 2 rings (SSSR count). The predicted octanol–water partition coefficient (Wildman–Crippen LogP) is 4.93. The van der Waals surface area contributed by atoms with Gasteiger partial charge in [-0.05, 0) is 61.1 Å². The van der Waals surface area contributed by atoms with Gasteiger partial charge in [-0.25, -0.2) is 0 Å². The molecule has 0 heterocycles. The Hall–Kier alpha value is -2.29. The standard InChI is InChI=1S/C21H26O3/c1-6-17-9-8-10-20(24-16(5)22)19(17)13-23-21-12-14(3)18(7-2)11-15(21)4/h8-12H,6-7,13H2,1-5H3. The molecule has 3 nitrogen and oxygen atoms in total. The van der Waals surface area contributed by atoms with Crippen LogP contribution in [0.2, 0.25) is 0 Å². The second kappa shape index (κ2) is 8.00. The van der Waals surface area contributed by atoms with Crippen molar-refractivity contribution >= 4 is 5.97 Å². The minimum atomic E-state index is -0.316. The number of aryl methyl sites for hydroxylation is 4.